The monoisotopic (exact) mass is 257 g/mol. The Kier molecular flexibility index (Phi) is 3.24. The predicted molar refractivity (Wildman–Crippen MR) is 77.0 cm³/mol. The van der Waals surface area contributed by atoms with E-state index in [0.717, 1.165) is 16.6 Å². The summed E-state index contributed by atoms with van der Waals surface area (Å²) in [7, 11) is 0. The Bertz CT molecular complexity index is 520. The number of benzene rings is 2. The lowest BCUT2D eigenvalue weighted by molar-refractivity contribution is 0.679. The minimum absolute atomic E-state index is 0.407. The molecule has 0 aromatic heterocycles. The standard InChI is InChI=1S/C16H16ClN/c17-14-7-4-8-15(11-14)18-16(13-9-10-13)12-5-2-1-3-6-12/h1-8,11,13,16,18H,9-10H2. The summed E-state index contributed by atoms with van der Waals surface area (Å²) in [5.74, 6) is 0.756. The molecule has 0 spiro atoms. The van der Waals surface area contributed by atoms with Crippen LogP contribution in [0.5, 0.6) is 0 Å². The predicted octanol–water partition coefficient (Wildman–Crippen LogP) is 4.90. The molecule has 1 fully saturated rings. The Balaban J connectivity index is 1.83. The maximum atomic E-state index is 6.03. The number of halogens is 1. The van der Waals surface area contributed by atoms with Crippen LogP contribution in [-0.2, 0) is 0 Å². The Morgan fingerprint density at radius 3 is 2.44 bits per heavy atom. The number of anilines is 1. The smallest absolute Gasteiger partial charge is 0.0542 e. The van der Waals surface area contributed by atoms with Crippen molar-refractivity contribution in [1.82, 2.24) is 0 Å². The van der Waals surface area contributed by atoms with Crippen LogP contribution in [0.4, 0.5) is 5.69 Å². The summed E-state index contributed by atoms with van der Waals surface area (Å²) in [5, 5.41) is 4.39. The molecular formula is C16H16ClN. The minimum Gasteiger partial charge on any atom is -0.378 e. The third kappa shape index (κ3) is 2.68. The van der Waals surface area contributed by atoms with Crippen molar-refractivity contribution in [2.75, 3.05) is 5.32 Å². The van der Waals surface area contributed by atoms with Crippen LogP contribution in [0.2, 0.25) is 5.02 Å². The minimum atomic E-state index is 0.407. The van der Waals surface area contributed by atoms with Crippen molar-refractivity contribution in [3.63, 3.8) is 0 Å². The maximum Gasteiger partial charge on any atom is 0.0542 e. The average Bonchev–Trinajstić information content (AvgIpc) is 3.21. The van der Waals surface area contributed by atoms with Gasteiger partial charge < -0.3 is 5.32 Å². The molecule has 1 aliphatic carbocycles. The molecule has 1 nitrogen and oxygen atoms in total. The van der Waals surface area contributed by atoms with Gasteiger partial charge in [0.05, 0.1) is 6.04 Å². The first-order valence-electron chi connectivity index (χ1n) is 6.40. The van der Waals surface area contributed by atoms with Crippen LogP contribution in [0, 0.1) is 5.92 Å². The highest BCUT2D eigenvalue weighted by Gasteiger charge is 2.32. The Morgan fingerprint density at radius 1 is 1.00 bits per heavy atom. The van der Waals surface area contributed by atoms with Gasteiger partial charge in [-0.3, -0.25) is 0 Å². The fourth-order valence-electron chi connectivity index (χ4n) is 2.32. The SMILES string of the molecule is Clc1cccc(NC(c2ccccc2)C2CC2)c1. The molecule has 1 aliphatic rings. The summed E-state index contributed by atoms with van der Waals surface area (Å²) in [6.45, 7) is 0. The highest BCUT2D eigenvalue weighted by atomic mass is 35.5. The summed E-state index contributed by atoms with van der Waals surface area (Å²) >= 11 is 6.03. The van der Waals surface area contributed by atoms with Crippen LogP contribution in [0.25, 0.3) is 0 Å². The van der Waals surface area contributed by atoms with E-state index in [1.54, 1.807) is 0 Å². The van der Waals surface area contributed by atoms with Gasteiger partial charge in [0.2, 0.25) is 0 Å². The van der Waals surface area contributed by atoms with Gasteiger partial charge in [0.1, 0.15) is 0 Å². The number of hydrogen-bond donors (Lipinski definition) is 1. The summed E-state index contributed by atoms with van der Waals surface area (Å²) < 4.78 is 0. The highest BCUT2D eigenvalue weighted by Crippen LogP contribution is 2.42. The van der Waals surface area contributed by atoms with Crippen molar-refractivity contribution in [2.45, 2.75) is 18.9 Å². The molecule has 0 radical (unpaired) electrons. The number of nitrogens with one attached hydrogen (secondary N) is 1. The van der Waals surface area contributed by atoms with Gasteiger partial charge in [-0.1, -0.05) is 48.0 Å². The molecule has 0 amide bonds. The van der Waals surface area contributed by atoms with Gasteiger partial charge in [-0.15, -0.1) is 0 Å². The van der Waals surface area contributed by atoms with E-state index in [9.17, 15) is 0 Å². The largest absolute Gasteiger partial charge is 0.378 e. The van der Waals surface area contributed by atoms with E-state index in [1.165, 1.54) is 18.4 Å². The Morgan fingerprint density at radius 2 is 1.78 bits per heavy atom. The van der Waals surface area contributed by atoms with Gasteiger partial charge in [-0.25, -0.2) is 0 Å². The quantitative estimate of drug-likeness (QED) is 0.821. The third-order valence-electron chi connectivity index (χ3n) is 3.40. The first-order valence-corrected chi connectivity index (χ1v) is 6.78. The molecule has 2 aromatic carbocycles. The molecule has 0 bridgehead atoms. The van der Waals surface area contributed by atoms with Gasteiger partial charge in [0.25, 0.3) is 0 Å². The molecule has 1 N–H and O–H groups in total. The molecule has 2 heteroatoms. The zero-order valence-corrected chi connectivity index (χ0v) is 10.9. The molecule has 92 valence electrons. The normalized spacial score (nSPS) is 16.3. The first kappa shape index (κ1) is 11.6. The topological polar surface area (TPSA) is 12.0 Å². The van der Waals surface area contributed by atoms with E-state index in [-0.39, 0.29) is 0 Å². The van der Waals surface area contributed by atoms with E-state index in [1.807, 2.05) is 18.2 Å². The van der Waals surface area contributed by atoms with Gasteiger partial charge in [-0.05, 0) is 42.5 Å². The molecule has 1 unspecified atom stereocenters. The van der Waals surface area contributed by atoms with Crippen molar-refractivity contribution in [2.24, 2.45) is 5.92 Å². The first-order chi connectivity index (χ1) is 8.83. The summed E-state index contributed by atoms with van der Waals surface area (Å²) in [6, 6.07) is 19.0. The second kappa shape index (κ2) is 5.03. The van der Waals surface area contributed by atoms with Crippen LogP contribution in [-0.4, -0.2) is 0 Å². The van der Waals surface area contributed by atoms with Crippen molar-refractivity contribution < 1.29 is 0 Å². The summed E-state index contributed by atoms with van der Waals surface area (Å²) in [5.41, 5.74) is 2.46. The lowest BCUT2D eigenvalue weighted by atomic mass is 10.0. The van der Waals surface area contributed by atoms with Crippen molar-refractivity contribution in [1.29, 1.82) is 0 Å². The van der Waals surface area contributed by atoms with E-state index >= 15 is 0 Å². The molecule has 2 aromatic rings. The molecule has 1 atom stereocenters. The van der Waals surface area contributed by atoms with Gasteiger partial charge in [0.15, 0.2) is 0 Å². The van der Waals surface area contributed by atoms with Crippen LogP contribution in [0.3, 0.4) is 0 Å². The summed E-state index contributed by atoms with van der Waals surface area (Å²) in [4.78, 5) is 0. The lowest BCUT2D eigenvalue weighted by Gasteiger charge is -2.20. The number of hydrogen-bond acceptors (Lipinski definition) is 1. The van der Waals surface area contributed by atoms with Crippen LogP contribution in [0.15, 0.2) is 54.6 Å². The number of rotatable bonds is 4. The second-order valence-corrected chi connectivity index (χ2v) is 5.32. The van der Waals surface area contributed by atoms with Gasteiger partial charge in [-0.2, -0.15) is 0 Å². The van der Waals surface area contributed by atoms with Crippen LogP contribution in [0.1, 0.15) is 24.4 Å². The molecule has 1 saturated carbocycles. The fourth-order valence-corrected chi connectivity index (χ4v) is 2.51. The maximum absolute atomic E-state index is 6.03. The second-order valence-electron chi connectivity index (χ2n) is 4.88. The molecule has 0 heterocycles. The zero-order valence-electron chi connectivity index (χ0n) is 10.1. The average molecular weight is 258 g/mol. The van der Waals surface area contributed by atoms with Crippen molar-refractivity contribution in [3.8, 4) is 0 Å². The Hall–Kier alpha value is -1.47. The van der Waals surface area contributed by atoms with E-state index < -0.39 is 0 Å². The van der Waals surface area contributed by atoms with Crippen molar-refractivity contribution in [3.05, 3.63) is 65.2 Å². The van der Waals surface area contributed by atoms with Crippen LogP contribution < -0.4 is 5.32 Å². The van der Waals surface area contributed by atoms with Gasteiger partial charge in [0, 0.05) is 10.7 Å². The highest BCUT2D eigenvalue weighted by molar-refractivity contribution is 6.30. The zero-order chi connectivity index (χ0) is 12.4. The van der Waals surface area contributed by atoms with Crippen molar-refractivity contribution >= 4 is 17.3 Å². The lowest BCUT2D eigenvalue weighted by Crippen LogP contribution is -2.12. The van der Waals surface area contributed by atoms with E-state index in [2.05, 4.69) is 41.7 Å². The molecule has 0 aliphatic heterocycles. The van der Waals surface area contributed by atoms with E-state index in [0.29, 0.717) is 6.04 Å². The fraction of sp³-hybridized carbons (Fsp3) is 0.250. The Labute approximate surface area is 113 Å². The van der Waals surface area contributed by atoms with E-state index in [4.69, 9.17) is 11.6 Å². The third-order valence-corrected chi connectivity index (χ3v) is 3.63. The molecular weight excluding hydrogens is 242 g/mol. The van der Waals surface area contributed by atoms with Crippen LogP contribution >= 0.6 is 11.6 Å². The molecule has 3 rings (SSSR count). The van der Waals surface area contributed by atoms with Gasteiger partial charge >= 0.3 is 0 Å². The molecule has 0 saturated heterocycles. The summed E-state index contributed by atoms with van der Waals surface area (Å²) in [6.07, 6.45) is 2.63. The molecule has 18 heavy (non-hydrogen) atoms.